The van der Waals surface area contributed by atoms with Gasteiger partial charge in [0.25, 0.3) is 5.91 Å². The highest BCUT2D eigenvalue weighted by atomic mass is 16.5. The van der Waals surface area contributed by atoms with E-state index in [-0.39, 0.29) is 36.4 Å². The van der Waals surface area contributed by atoms with Crippen LogP contribution < -0.4 is 20.1 Å². The SMILES string of the molecule is CCCn1nc(C(=O)N[C@H](CC(=O)NCC(=O)OC)CC(C)C)cc1-c1c(OC)cccc1OC. The smallest absolute Gasteiger partial charge is 0.325 e. The van der Waals surface area contributed by atoms with Crippen molar-refractivity contribution in [2.24, 2.45) is 5.92 Å². The highest BCUT2D eigenvalue weighted by molar-refractivity contribution is 5.94. The molecule has 2 aromatic rings. The number of nitrogens with zero attached hydrogens (tertiary/aromatic N) is 2. The van der Waals surface area contributed by atoms with Crippen molar-refractivity contribution in [3.05, 3.63) is 30.0 Å². The molecule has 0 aliphatic carbocycles. The van der Waals surface area contributed by atoms with E-state index in [0.29, 0.717) is 35.7 Å². The van der Waals surface area contributed by atoms with Gasteiger partial charge in [-0.3, -0.25) is 19.1 Å². The molecule has 35 heavy (non-hydrogen) atoms. The number of aryl methyl sites for hydroxylation is 1. The van der Waals surface area contributed by atoms with Gasteiger partial charge in [-0.05, 0) is 37.0 Å². The number of methoxy groups -OCH3 is 3. The number of hydrogen-bond donors (Lipinski definition) is 2. The summed E-state index contributed by atoms with van der Waals surface area (Å²) in [6.07, 6.45) is 1.42. The fourth-order valence-electron chi connectivity index (χ4n) is 3.78. The van der Waals surface area contributed by atoms with Gasteiger partial charge in [0.05, 0.1) is 32.6 Å². The van der Waals surface area contributed by atoms with Crippen LogP contribution in [0.3, 0.4) is 0 Å². The largest absolute Gasteiger partial charge is 0.496 e. The second-order valence-electron chi connectivity index (χ2n) is 8.53. The molecule has 2 amide bonds. The molecule has 0 saturated heterocycles. The van der Waals surface area contributed by atoms with Crippen LogP contribution in [0.5, 0.6) is 11.5 Å². The van der Waals surface area contributed by atoms with Crippen molar-refractivity contribution in [3.63, 3.8) is 0 Å². The Balaban J connectivity index is 2.30. The van der Waals surface area contributed by atoms with E-state index in [0.717, 1.165) is 6.42 Å². The van der Waals surface area contributed by atoms with Crippen LogP contribution in [-0.4, -0.2) is 61.5 Å². The Labute approximate surface area is 206 Å². The molecule has 2 rings (SSSR count). The molecule has 0 bridgehead atoms. The Kier molecular flexibility index (Phi) is 10.6. The number of hydrogen-bond acceptors (Lipinski definition) is 7. The van der Waals surface area contributed by atoms with E-state index in [9.17, 15) is 14.4 Å². The summed E-state index contributed by atoms with van der Waals surface area (Å²) in [6.45, 7) is 6.41. The molecule has 0 aliphatic heterocycles. The highest BCUT2D eigenvalue weighted by Gasteiger charge is 2.24. The summed E-state index contributed by atoms with van der Waals surface area (Å²) in [7, 11) is 4.41. The first-order valence-electron chi connectivity index (χ1n) is 11.7. The summed E-state index contributed by atoms with van der Waals surface area (Å²) in [4.78, 5) is 36.8. The average molecular weight is 489 g/mol. The summed E-state index contributed by atoms with van der Waals surface area (Å²) >= 11 is 0. The molecule has 10 heteroatoms. The summed E-state index contributed by atoms with van der Waals surface area (Å²) < 4.78 is 17.4. The van der Waals surface area contributed by atoms with Crippen molar-refractivity contribution in [2.45, 2.75) is 52.6 Å². The van der Waals surface area contributed by atoms with Crippen molar-refractivity contribution < 1.29 is 28.6 Å². The van der Waals surface area contributed by atoms with E-state index in [1.807, 2.05) is 39.0 Å². The van der Waals surface area contributed by atoms with Crippen LogP contribution in [0.4, 0.5) is 0 Å². The maximum atomic E-state index is 13.2. The van der Waals surface area contributed by atoms with E-state index in [2.05, 4.69) is 20.5 Å². The molecule has 2 N–H and O–H groups in total. The third kappa shape index (κ3) is 7.73. The molecule has 1 heterocycles. The fourth-order valence-corrected chi connectivity index (χ4v) is 3.78. The van der Waals surface area contributed by atoms with Gasteiger partial charge in [0.15, 0.2) is 5.69 Å². The monoisotopic (exact) mass is 488 g/mol. The molecule has 192 valence electrons. The summed E-state index contributed by atoms with van der Waals surface area (Å²) in [6, 6.07) is 6.76. The van der Waals surface area contributed by atoms with Gasteiger partial charge in [-0.2, -0.15) is 5.10 Å². The quantitative estimate of drug-likeness (QED) is 0.416. The molecule has 1 aromatic heterocycles. The maximum Gasteiger partial charge on any atom is 0.325 e. The number of aromatic nitrogens is 2. The molecule has 0 spiro atoms. The van der Waals surface area contributed by atoms with Crippen LogP contribution in [0.15, 0.2) is 24.3 Å². The van der Waals surface area contributed by atoms with Crippen molar-refractivity contribution in [1.82, 2.24) is 20.4 Å². The molecular formula is C25H36N4O6. The molecule has 0 radical (unpaired) electrons. The van der Waals surface area contributed by atoms with Crippen LogP contribution in [0, 0.1) is 5.92 Å². The molecular weight excluding hydrogens is 452 g/mol. The lowest BCUT2D eigenvalue weighted by molar-refractivity contribution is -0.141. The Bertz CT molecular complexity index is 995. The Morgan fingerprint density at radius 2 is 1.74 bits per heavy atom. The van der Waals surface area contributed by atoms with Crippen molar-refractivity contribution in [3.8, 4) is 22.8 Å². The molecule has 1 aromatic carbocycles. The van der Waals surface area contributed by atoms with E-state index in [4.69, 9.17) is 9.47 Å². The standard InChI is InChI=1S/C25H36N4O6/c1-7-11-29-19(24-20(33-4)9-8-10-21(24)34-5)14-18(28-29)25(32)27-17(12-16(2)3)13-22(30)26-15-23(31)35-6/h8-10,14,16-17H,7,11-13,15H2,1-6H3,(H,26,30)(H,27,32)/t17-/m0/s1. The predicted octanol–water partition coefficient (Wildman–Crippen LogP) is 2.80. The van der Waals surface area contributed by atoms with Crippen LogP contribution in [0.1, 0.15) is 50.5 Å². The number of esters is 1. The van der Waals surface area contributed by atoms with Gasteiger partial charge in [-0.1, -0.05) is 26.8 Å². The maximum absolute atomic E-state index is 13.2. The molecule has 0 fully saturated rings. The number of nitrogens with one attached hydrogen (secondary N) is 2. The topological polar surface area (TPSA) is 121 Å². The summed E-state index contributed by atoms with van der Waals surface area (Å²) in [5, 5.41) is 9.99. The van der Waals surface area contributed by atoms with Crippen LogP contribution in [0.25, 0.3) is 11.3 Å². The second-order valence-corrected chi connectivity index (χ2v) is 8.53. The first-order valence-corrected chi connectivity index (χ1v) is 11.7. The summed E-state index contributed by atoms with van der Waals surface area (Å²) in [5.41, 5.74) is 1.63. The van der Waals surface area contributed by atoms with Crippen LogP contribution in [0.2, 0.25) is 0 Å². The molecule has 0 unspecified atom stereocenters. The number of carbonyl (C=O) groups excluding carboxylic acids is 3. The number of carbonyl (C=O) groups is 3. The highest BCUT2D eigenvalue weighted by Crippen LogP contribution is 2.38. The first kappa shape index (κ1) is 27.7. The van der Waals surface area contributed by atoms with Gasteiger partial charge in [0.1, 0.15) is 18.0 Å². The average Bonchev–Trinajstić information content (AvgIpc) is 3.25. The Hall–Kier alpha value is -3.56. The van der Waals surface area contributed by atoms with E-state index >= 15 is 0 Å². The number of rotatable bonds is 13. The van der Waals surface area contributed by atoms with Crippen LogP contribution in [-0.2, 0) is 20.9 Å². The normalized spacial score (nSPS) is 11.6. The third-order valence-electron chi connectivity index (χ3n) is 5.31. The zero-order valence-electron chi connectivity index (χ0n) is 21.3. The van der Waals surface area contributed by atoms with Gasteiger partial charge >= 0.3 is 5.97 Å². The van der Waals surface area contributed by atoms with Crippen LogP contribution >= 0.6 is 0 Å². The number of benzene rings is 1. The van der Waals surface area contributed by atoms with Crippen molar-refractivity contribution in [2.75, 3.05) is 27.9 Å². The zero-order chi connectivity index (χ0) is 26.0. The van der Waals surface area contributed by atoms with E-state index in [1.54, 1.807) is 25.0 Å². The van der Waals surface area contributed by atoms with Gasteiger partial charge in [0, 0.05) is 19.0 Å². The summed E-state index contributed by atoms with van der Waals surface area (Å²) in [5.74, 6) is 0.170. The minimum atomic E-state index is -0.538. The Morgan fingerprint density at radius 3 is 2.29 bits per heavy atom. The van der Waals surface area contributed by atoms with Gasteiger partial charge < -0.3 is 24.8 Å². The molecule has 0 aliphatic rings. The third-order valence-corrected chi connectivity index (χ3v) is 5.31. The van der Waals surface area contributed by atoms with E-state index in [1.165, 1.54) is 7.11 Å². The first-order chi connectivity index (χ1) is 16.7. The van der Waals surface area contributed by atoms with Crippen molar-refractivity contribution >= 4 is 17.8 Å². The molecule has 10 nitrogen and oxygen atoms in total. The van der Waals surface area contributed by atoms with Gasteiger partial charge in [0.2, 0.25) is 5.91 Å². The molecule has 0 saturated carbocycles. The predicted molar refractivity (Wildman–Crippen MR) is 131 cm³/mol. The van der Waals surface area contributed by atoms with Gasteiger partial charge in [-0.25, -0.2) is 0 Å². The minimum Gasteiger partial charge on any atom is -0.496 e. The lowest BCUT2D eigenvalue weighted by Gasteiger charge is -2.19. The van der Waals surface area contributed by atoms with E-state index < -0.39 is 12.0 Å². The van der Waals surface area contributed by atoms with Gasteiger partial charge in [-0.15, -0.1) is 0 Å². The fraction of sp³-hybridized carbons (Fsp3) is 0.520. The van der Waals surface area contributed by atoms with Crippen molar-refractivity contribution in [1.29, 1.82) is 0 Å². The lowest BCUT2D eigenvalue weighted by atomic mass is 10.0. The number of ether oxygens (including phenoxy) is 3. The number of amides is 2. The zero-order valence-corrected chi connectivity index (χ0v) is 21.3. The lowest BCUT2D eigenvalue weighted by Crippen LogP contribution is -2.41. The second kappa shape index (κ2) is 13.4. The molecule has 1 atom stereocenters. The Morgan fingerprint density at radius 1 is 1.09 bits per heavy atom. The minimum absolute atomic E-state index is 0.0315.